The zero-order valence-electron chi connectivity index (χ0n) is 22.2. The molecule has 4 aliphatic heterocycles. The van der Waals surface area contributed by atoms with Crippen molar-refractivity contribution in [3.8, 4) is 0 Å². The van der Waals surface area contributed by atoms with Gasteiger partial charge in [0, 0.05) is 24.9 Å². The highest BCUT2D eigenvalue weighted by molar-refractivity contribution is 5.90. The normalized spacial score (nSPS) is 33.4. The molecule has 40 heavy (non-hydrogen) atoms. The number of carbonyl (C=O) groups is 4. The highest BCUT2D eigenvalue weighted by Crippen LogP contribution is 2.59. The van der Waals surface area contributed by atoms with Crippen LogP contribution in [0.15, 0.2) is 60.7 Å². The Hall–Kier alpha value is -3.76. The Morgan fingerprint density at radius 2 is 0.775 bits per heavy atom. The van der Waals surface area contributed by atoms with Crippen LogP contribution in [0, 0.1) is 11.8 Å². The van der Waals surface area contributed by atoms with Gasteiger partial charge < -0.3 is 0 Å². The highest BCUT2D eigenvalue weighted by Gasteiger charge is 2.72. The van der Waals surface area contributed by atoms with E-state index in [4.69, 9.17) is 0 Å². The van der Waals surface area contributed by atoms with E-state index in [-0.39, 0.29) is 85.8 Å². The lowest BCUT2D eigenvalue weighted by Gasteiger charge is -2.44. The summed E-state index contributed by atoms with van der Waals surface area (Å²) in [6.45, 7) is 1.01. The number of benzene rings is 2. The summed E-state index contributed by atoms with van der Waals surface area (Å²) in [5.74, 6) is -0.334. The number of fused-ring (bicyclic) bond motifs is 2. The first kappa shape index (κ1) is 24.1. The van der Waals surface area contributed by atoms with Crippen LogP contribution >= 0.6 is 0 Å². The molecule has 2 saturated carbocycles. The van der Waals surface area contributed by atoms with Gasteiger partial charge in [0.05, 0.1) is 50.3 Å². The van der Waals surface area contributed by atoms with E-state index in [1.54, 1.807) is 20.0 Å². The SMILES string of the molecule is O=C1CN(Cc2ccccc2)CC(=O)N2[C@H]3C[C@@H]4C5C3[C@H]3C[C@@H]5N(C(=O)CN(Cc5ccccc5)CC(=O)N32)N14. The number of rotatable bonds is 4. The maximum Gasteiger partial charge on any atom is 0.255 e. The average molecular weight is 541 g/mol. The monoisotopic (exact) mass is 540 g/mol. The lowest BCUT2D eigenvalue weighted by atomic mass is 9.93. The van der Waals surface area contributed by atoms with E-state index in [0.717, 1.165) is 11.1 Å². The molecule has 10 nitrogen and oxygen atoms in total. The van der Waals surface area contributed by atoms with Gasteiger partial charge in [-0.1, -0.05) is 60.7 Å². The first-order valence-electron chi connectivity index (χ1n) is 14.3. The second kappa shape index (κ2) is 8.87. The van der Waals surface area contributed by atoms with Gasteiger partial charge in [-0.3, -0.25) is 29.0 Å². The molecule has 10 heteroatoms. The molecule has 2 aromatic rings. The van der Waals surface area contributed by atoms with Gasteiger partial charge in [-0.25, -0.2) is 20.0 Å². The van der Waals surface area contributed by atoms with E-state index in [1.165, 1.54) is 0 Å². The standard InChI is InChI=1S/C30H32N6O4/c37-25-15-31(13-19-7-3-1-4-8-19)16-26(38)34-22-11-21-29-23-12-24(30(22)29)36(34)28(40)18-32(14-20-9-5-2-6-10-20)17-27(39)35(23)33(21)25/h1-10,21-24,29-30H,11-18H2/t21-,22+,23+,24-,29?,30?. The maximum absolute atomic E-state index is 14.1. The summed E-state index contributed by atoms with van der Waals surface area (Å²) in [6.07, 6.45) is 1.22. The molecule has 6 atom stereocenters. The van der Waals surface area contributed by atoms with Gasteiger partial charge in [0.1, 0.15) is 0 Å². The number of hydrogen-bond donors (Lipinski definition) is 0. The third-order valence-electron chi connectivity index (χ3n) is 9.86. The Bertz CT molecular complexity index is 1220. The molecule has 4 saturated heterocycles. The zero-order chi connectivity index (χ0) is 27.1. The van der Waals surface area contributed by atoms with Crippen LogP contribution in [0.5, 0.6) is 0 Å². The van der Waals surface area contributed by atoms with Gasteiger partial charge >= 0.3 is 0 Å². The van der Waals surface area contributed by atoms with Crippen molar-refractivity contribution < 1.29 is 19.2 Å². The van der Waals surface area contributed by atoms with Crippen LogP contribution in [-0.4, -0.2) is 104 Å². The lowest BCUT2D eigenvalue weighted by molar-refractivity contribution is -0.179. The van der Waals surface area contributed by atoms with E-state index >= 15 is 0 Å². The summed E-state index contributed by atoms with van der Waals surface area (Å²) in [6, 6.07) is 19.0. The van der Waals surface area contributed by atoms with E-state index < -0.39 is 0 Å². The van der Waals surface area contributed by atoms with Gasteiger partial charge in [-0.05, 0) is 24.0 Å². The molecule has 2 unspecified atom stereocenters. The number of amides is 4. The smallest absolute Gasteiger partial charge is 0.255 e. The fourth-order valence-corrected chi connectivity index (χ4v) is 8.65. The summed E-state index contributed by atoms with van der Waals surface area (Å²) in [4.78, 5) is 60.0. The minimum atomic E-state index is -0.132. The third-order valence-corrected chi connectivity index (χ3v) is 9.86. The van der Waals surface area contributed by atoms with Crippen molar-refractivity contribution >= 4 is 23.6 Å². The van der Waals surface area contributed by atoms with Crippen LogP contribution in [0.1, 0.15) is 24.0 Å². The van der Waals surface area contributed by atoms with Crippen molar-refractivity contribution in [1.82, 2.24) is 29.8 Å². The summed E-state index contributed by atoms with van der Waals surface area (Å²) in [5.41, 5.74) is 2.01. The maximum atomic E-state index is 14.1. The second-order valence-electron chi connectivity index (χ2n) is 12.1. The molecular formula is C30H32N6O4. The molecule has 206 valence electrons. The largest absolute Gasteiger partial charge is 0.281 e. The summed E-state index contributed by atoms with van der Waals surface area (Å²) >= 11 is 0. The number of nitrogens with zero attached hydrogens (tertiary/aromatic N) is 6. The van der Waals surface area contributed by atoms with Crippen LogP contribution in [0.25, 0.3) is 0 Å². The molecule has 0 radical (unpaired) electrons. The van der Waals surface area contributed by atoms with Gasteiger partial charge in [-0.2, -0.15) is 0 Å². The van der Waals surface area contributed by atoms with Crippen LogP contribution in [0.3, 0.4) is 0 Å². The fraction of sp³-hybridized carbons (Fsp3) is 0.467. The molecule has 2 aliphatic carbocycles. The summed E-state index contributed by atoms with van der Waals surface area (Å²) in [7, 11) is 0. The van der Waals surface area contributed by atoms with Crippen LogP contribution in [-0.2, 0) is 32.3 Å². The van der Waals surface area contributed by atoms with Crippen LogP contribution in [0.2, 0.25) is 0 Å². The van der Waals surface area contributed by atoms with Crippen LogP contribution in [0.4, 0.5) is 0 Å². The number of hydrazine groups is 2. The number of hydrogen-bond acceptors (Lipinski definition) is 6. The molecule has 0 spiro atoms. The molecule has 4 amide bonds. The van der Waals surface area contributed by atoms with Gasteiger partial charge in [0.25, 0.3) is 23.6 Å². The lowest BCUT2D eigenvalue weighted by Crippen LogP contribution is -2.62. The van der Waals surface area contributed by atoms with Crippen LogP contribution < -0.4 is 0 Å². The quantitative estimate of drug-likeness (QED) is 0.568. The first-order chi connectivity index (χ1) is 19.5. The predicted molar refractivity (Wildman–Crippen MR) is 142 cm³/mol. The fourth-order valence-electron chi connectivity index (χ4n) is 8.65. The molecule has 0 N–H and O–H groups in total. The zero-order valence-corrected chi connectivity index (χ0v) is 22.2. The Labute approximate surface area is 232 Å². The average Bonchev–Trinajstić information content (AvgIpc) is 3.65. The van der Waals surface area contributed by atoms with Gasteiger partial charge in [0.2, 0.25) is 0 Å². The molecular weight excluding hydrogens is 508 g/mol. The Kier molecular flexibility index (Phi) is 5.34. The van der Waals surface area contributed by atoms with Crippen molar-refractivity contribution in [2.45, 2.75) is 50.1 Å². The predicted octanol–water partition coefficient (Wildman–Crippen LogP) is 0.704. The summed E-state index contributed by atoms with van der Waals surface area (Å²) in [5, 5.41) is 7.08. The van der Waals surface area contributed by atoms with Crippen molar-refractivity contribution in [2.75, 3.05) is 26.2 Å². The molecule has 8 rings (SSSR count). The van der Waals surface area contributed by atoms with Crippen molar-refractivity contribution in [3.63, 3.8) is 0 Å². The van der Waals surface area contributed by atoms with Gasteiger partial charge in [0.15, 0.2) is 0 Å². The van der Waals surface area contributed by atoms with Crippen molar-refractivity contribution in [1.29, 1.82) is 0 Å². The van der Waals surface area contributed by atoms with E-state index in [9.17, 15) is 19.2 Å². The molecule has 4 bridgehead atoms. The summed E-state index contributed by atoms with van der Waals surface area (Å²) < 4.78 is 0. The Morgan fingerprint density at radius 1 is 0.475 bits per heavy atom. The van der Waals surface area contributed by atoms with E-state index in [2.05, 4.69) is 0 Å². The Morgan fingerprint density at radius 3 is 1.07 bits per heavy atom. The molecule has 2 aromatic carbocycles. The van der Waals surface area contributed by atoms with E-state index in [1.807, 2.05) is 70.5 Å². The highest BCUT2D eigenvalue weighted by atomic mass is 16.2. The minimum absolute atomic E-state index is 0.0363. The third kappa shape index (κ3) is 3.48. The molecule has 4 heterocycles. The second-order valence-corrected chi connectivity index (χ2v) is 12.1. The first-order valence-corrected chi connectivity index (χ1v) is 14.3. The van der Waals surface area contributed by atoms with E-state index in [0.29, 0.717) is 25.9 Å². The molecule has 0 aromatic heterocycles. The minimum Gasteiger partial charge on any atom is -0.281 e. The Balaban J connectivity index is 1.21. The number of carbonyl (C=O) groups excluding carboxylic acids is 4. The molecule has 6 fully saturated rings. The molecule has 6 aliphatic rings. The van der Waals surface area contributed by atoms with Crippen molar-refractivity contribution in [2.24, 2.45) is 11.8 Å². The van der Waals surface area contributed by atoms with Gasteiger partial charge in [-0.15, -0.1) is 0 Å². The van der Waals surface area contributed by atoms with Crippen molar-refractivity contribution in [3.05, 3.63) is 71.8 Å². The topological polar surface area (TPSA) is 87.7 Å².